The highest BCUT2D eigenvalue weighted by atomic mass is 19.1. The van der Waals surface area contributed by atoms with Crippen LogP contribution in [-0.4, -0.2) is 22.0 Å². The van der Waals surface area contributed by atoms with Crippen LogP contribution in [0.4, 0.5) is 8.78 Å². The number of nitrogens with zero attached hydrogens (tertiary/aromatic N) is 2. The summed E-state index contributed by atoms with van der Waals surface area (Å²) in [6.45, 7) is 0.991. The fourth-order valence-electron chi connectivity index (χ4n) is 3.45. The van der Waals surface area contributed by atoms with Crippen molar-refractivity contribution in [1.82, 2.24) is 14.9 Å². The minimum absolute atomic E-state index is 0.0426. The number of imidazole rings is 1. The molecule has 6 heteroatoms. The van der Waals surface area contributed by atoms with Gasteiger partial charge in [0.25, 0.3) is 5.91 Å². The molecule has 0 unspecified atom stereocenters. The quantitative estimate of drug-likeness (QED) is 0.452. The molecule has 4 aromatic rings. The van der Waals surface area contributed by atoms with Crippen LogP contribution in [0.3, 0.4) is 0 Å². The summed E-state index contributed by atoms with van der Waals surface area (Å²) in [7, 11) is 0. The maximum atomic E-state index is 13.7. The Morgan fingerprint density at radius 3 is 2.47 bits per heavy atom. The van der Waals surface area contributed by atoms with Crippen molar-refractivity contribution in [3.63, 3.8) is 0 Å². The molecule has 0 aliphatic heterocycles. The van der Waals surface area contributed by atoms with Crippen LogP contribution in [-0.2, 0) is 13.0 Å². The van der Waals surface area contributed by atoms with E-state index in [0.29, 0.717) is 25.9 Å². The average Bonchev–Trinajstić information content (AvgIpc) is 3.10. The molecule has 0 aliphatic rings. The number of para-hydroxylation sites is 2. The molecule has 0 radical (unpaired) electrons. The number of aryl methyl sites for hydroxylation is 1. The Hall–Kier alpha value is -3.54. The van der Waals surface area contributed by atoms with Crippen molar-refractivity contribution in [1.29, 1.82) is 0 Å². The number of benzene rings is 3. The number of aromatic nitrogens is 2. The van der Waals surface area contributed by atoms with Gasteiger partial charge in [0.15, 0.2) is 0 Å². The Labute approximate surface area is 173 Å². The van der Waals surface area contributed by atoms with Gasteiger partial charge < -0.3 is 9.88 Å². The lowest BCUT2D eigenvalue weighted by Crippen LogP contribution is -2.25. The zero-order chi connectivity index (χ0) is 20.9. The Morgan fingerprint density at radius 1 is 0.933 bits per heavy atom. The standard InChI is InChI=1S/C24H21F2N3O/c25-18-13-11-17(12-14-18)16-29-22-9-4-3-8-21(22)28-23(29)10-5-15-27-24(30)19-6-1-2-7-20(19)26/h1-4,6-9,11-14H,5,10,15-16H2,(H,27,30). The summed E-state index contributed by atoms with van der Waals surface area (Å²) in [5, 5.41) is 2.76. The van der Waals surface area contributed by atoms with Crippen LogP contribution in [0.5, 0.6) is 0 Å². The van der Waals surface area contributed by atoms with Gasteiger partial charge in [0.05, 0.1) is 16.6 Å². The van der Waals surface area contributed by atoms with E-state index in [4.69, 9.17) is 4.98 Å². The Bertz CT molecular complexity index is 1170. The van der Waals surface area contributed by atoms with Gasteiger partial charge in [-0.3, -0.25) is 4.79 Å². The molecule has 0 saturated heterocycles. The van der Waals surface area contributed by atoms with Crippen LogP contribution in [0, 0.1) is 11.6 Å². The highest BCUT2D eigenvalue weighted by Crippen LogP contribution is 2.19. The van der Waals surface area contributed by atoms with Crippen molar-refractivity contribution in [2.24, 2.45) is 0 Å². The molecule has 0 fully saturated rings. The lowest BCUT2D eigenvalue weighted by molar-refractivity contribution is 0.0949. The molecule has 1 aromatic heterocycles. The van der Waals surface area contributed by atoms with E-state index in [-0.39, 0.29) is 11.4 Å². The molecule has 0 saturated carbocycles. The largest absolute Gasteiger partial charge is 0.352 e. The van der Waals surface area contributed by atoms with Crippen molar-refractivity contribution in [3.05, 3.63) is 101 Å². The van der Waals surface area contributed by atoms with E-state index in [2.05, 4.69) is 9.88 Å². The van der Waals surface area contributed by atoms with Gasteiger partial charge in [0.1, 0.15) is 17.5 Å². The molecule has 0 atom stereocenters. The zero-order valence-electron chi connectivity index (χ0n) is 16.3. The normalized spacial score (nSPS) is 11.0. The predicted molar refractivity (Wildman–Crippen MR) is 112 cm³/mol. The Morgan fingerprint density at radius 2 is 1.67 bits per heavy atom. The summed E-state index contributed by atoms with van der Waals surface area (Å²) in [4.78, 5) is 16.9. The third-order valence-electron chi connectivity index (χ3n) is 4.97. The summed E-state index contributed by atoms with van der Waals surface area (Å²) in [5.41, 5.74) is 2.92. The summed E-state index contributed by atoms with van der Waals surface area (Å²) in [6, 6.07) is 20.2. The second-order valence-corrected chi connectivity index (χ2v) is 7.07. The zero-order valence-corrected chi connectivity index (χ0v) is 16.3. The molecule has 4 nitrogen and oxygen atoms in total. The molecule has 0 bridgehead atoms. The van der Waals surface area contributed by atoms with Crippen LogP contribution in [0.1, 0.15) is 28.2 Å². The van der Waals surface area contributed by atoms with Crippen LogP contribution in [0.2, 0.25) is 0 Å². The number of fused-ring (bicyclic) bond motifs is 1. The van der Waals surface area contributed by atoms with Crippen molar-refractivity contribution in [2.75, 3.05) is 6.54 Å². The molecule has 1 heterocycles. The smallest absolute Gasteiger partial charge is 0.254 e. The van der Waals surface area contributed by atoms with E-state index in [1.807, 2.05) is 24.3 Å². The first kappa shape index (κ1) is 19.8. The molecule has 1 N–H and O–H groups in total. The van der Waals surface area contributed by atoms with Gasteiger partial charge in [-0.1, -0.05) is 36.4 Å². The van der Waals surface area contributed by atoms with E-state index in [1.54, 1.807) is 24.3 Å². The number of carbonyl (C=O) groups is 1. The minimum atomic E-state index is -0.531. The van der Waals surface area contributed by atoms with Crippen LogP contribution in [0.25, 0.3) is 11.0 Å². The number of carbonyl (C=O) groups excluding carboxylic acids is 1. The predicted octanol–water partition coefficient (Wildman–Crippen LogP) is 4.73. The number of rotatable bonds is 7. The van der Waals surface area contributed by atoms with Crippen LogP contribution in [0.15, 0.2) is 72.8 Å². The second kappa shape index (κ2) is 8.86. The third kappa shape index (κ3) is 4.38. The lowest BCUT2D eigenvalue weighted by atomic mass is 10.2. The molecular formula is C24H21F2N3O. The number of amides is 1. The van der Waals surface area contributed by atoms with Gasteiger partial charge in [0.2, 0.25) is 0 Å². The lowest BCUT2D eigenvalue weighted by Gasteiger charge is -2.10. The summed E-state index contributed by atoms with van der Waals surface area (Å²) >= 11 is 0. The molecule has 3 aromatic carbocycles. The van der Waals surface area contributed by atoms with E-state index in [0.717, 1.165) is 22.4 Å². The first-order chi connectivity index (χ1) is 14.6. The number of hydrogen-bond donors (Lipinski definition) is 1. The minimum Gasteiger partial charge on any atom is -0.352 e. The maximum absolute atomic E-state index is 13.7. The molecule has 0 aliphatic carbocycles. The van der Waals surface area contributed by atoms with E-state index < -0.39 is 11.7 Å². The molecule has 0 spiro atoms. The molecular weight excluding hydrogens is 384 g/mol. The summed E-state index contributed by atoms with van der Waals surface area (Å²) < 4.78 is 29.1. The van der Waals surface area contributed by atoms with Gasteiger partial charge in [-0.05, 0) is 48.4 Å². The van der Waals surface area contributed by atoms with Crippen molar-refractivity contribution < 1.29 is 13.6 Å². The maximum Gasteiger partial charge on any atom is 0.254 e. The molecule has 1 amide bonds. The number of halogens is 2. The Balaban J connectivity index is 1.45. The van der Waals surface area contributed by atoms with E-state index in [1.165, 1.54) is 24.3 Å². The summed E-state index contributed by atoms with van der Waals surface area (Å²) in [5.74, 6) is -0.329. The SMILES string of the molecule is O=C(NCCCc1nc2ccccc2n1Cc1ccc(F)cc1)c1ccccc1F. The van der Waals surface area contributed by atoms with E-state index >= 15 is 0 Å². The van der Waals surface area contributed by atoms with Gasteiger partial charge in [-0.2, -0.15) is 0 Å². The average molecular weight is 405 g/mol. The molecule has 30 heavy (non-hydrogen) atoms. The topological polar surface area (TPSA) is 46.9 Å². The fourth-order valence-corrected chi connectivity index (χ4v) is 3.45. The monoisotopic (exact) mass is 405 g/mol. The van der Waals surface area contributed by atoms with Gasteiger partial charge in [-0.15, -0.1) is 0 Å². The summed E-state index contributed by atoms with van der Waals surface area (Å²) in [6.07, 6.45) is 1.31. The van der Waals surface area contributed by atoms with Gasteiger partial charge in [-0.25, -0.2) is 13.8 Å². The number of nitrogens with one attached hydrogen (secondary N) is 1. The molecule has 152 valence electrons. The van der Waals surface area contributed by atoms with Crippen molar-refractivity contribution >= 4 is 16.9 Å². The first-order valence-corrected chi connectivity index (χ1v) is 9.83. The van der Waals surface area contributed by atoms with Gasteiger partial charge >= 0.3 is 0 Å². The fraction of sp³-hybridized carbons (Fsp3) is 0.167. The van der Waals surface area contributed by atoms with Gasteiger partial charge in [0, 0.05) is 19.5 Å². The van der Waals surface area contributed by atoms with Crippen molar-refractivity contribution in [3.8, 4) is 0 Å². The number of hydrogen-bond acceptors (Lipinski definition) is 2. The highest BCUT2D eigenvalue weighted by molar-refractivity contribution is 5.94. The first-order valence-electron chi connectivity index (χ1n) is 9.83. The van der Waals surface area contributed by atoms with Crippen LogP contribution < -0.4 is 5.32 Å². The highest BCUT2D eigenvalue weighted by Gasteiger charge is 2.13. The van der Waals surface area contributed by atoms with Crippen molar-refractivity contribution in [2.45, 2.75) is 19.4 Å². The Kier molecular flexibility index (Phi) is 5.84. The molecule has 4 rings (SSSR count). The third-order valence-corrected chi connectivity index (χ3v) is 4.97. The van der Waals surface area contributed by atoms with Crippen LogP contribution >= 0.6 is 0 Å². The van der Waals surface area contributed by atoms with E-state index in [9.17, 15) is 13.6 Å². The second-order valence-electron chi connectivity index (χ2n) is 7.07.